The minimum Gasteiger partial charge on any atom is -0.507 e. The maximum absolute atomic E-state index is 10.9. The molecule has 0 aromatic heterocycles. The van der Waals surface area contributed by atoms with E-state index < -0.39 is 0 Å². The fourth-order valence-corrected chi connectivity index (χ4v) is 1.93. The van der Waals surface area contributed by atoms with Crippen LogP contribution in [0.4, 0.5) is 0 Å². The Kier molecular flexibility index (Phi) is 4.20. The first-order valence-corrected chi connectivity index (χ1v) is 6.25. The molecule has 0 atom stereocenters. The normalized spacial score (nSPS) is 10.7. The van der Waals surface area contributed by atoms with Crippen LogP contribution in [0.25, 0.3) is 12.2 Å². The van der Waals surface area contributed by atoms with Gasteiger partial charge in [0.05, 0.1) is 12.7 Å². The van der Waals surface area contributed by atoms with Crippen molar-refractivity contribution in [3.8, 4) is 11.5 Å². The summed E-state index contributed by atoms with van der Waals surface area (Å²) in [4.78, 5) is 10.9. The SMILES string of the molecule is COc1ccc(/C=C/c2cc(C)c(O)c(C=O)c2)cc1. The molecule has 2 rings (SSSR count). The van der Waals surface area contributed by atoms with E-state index in [4.69, 9.17) is 4.74 Å². The van der Waals surface area contributed by atoms with Gasteiger partial charge in [-0.3, -0.25) is 4.79 Å². The lowest BCUT2D eigenvalue weighted by Crippen LogP contribution is -1.87. The minimum absolute atomic E-state index is 0.0431. The van der Waals surface area contributed by atoms with Crippen LogP contribution in [0.1, 0.15) is 27.0 Å². The smallest absolute Gasteiger partial charge is 0.153 e. The Morgan fingerprint density at radius 2 is 1.70 bits per heavy atom. The zero-order chi connectivity index (χ0) is 14.5. The van der Waals surface area contributed by atoms with E-state index in [1.54, 1.807) is 20.1 Å². The van der Waals surface area contributed by atoms with Crippen molar-refractivity contribution in [1.82, 2.24) is 0 Å². The van der Waals surface area contributed by atoms with Crippen molar-refractivity contribution in [2.75, 3.05) is 7.11 Å². The van der Waals surface area contributed by atoms with Gasteiger partial charge in [-0.2, -0.15) is 0 Å². The van der Waals surface area contributed by atoms with Gasteiger partial charge in [0.1, 0.15) is 11.5 Å². The van der Waals surface area contributed by atoms with Crippen LogP contribution >= 0.6 is 0 Å². The molecule has 0 saturated carbocycles. The Bertz CT molecular complexity index is 640. The maximum atomic E-state index is 10.9. The molecule has 3 heteroatoms. The van der Waals surface area contributed by atoms with Crippen molar-refractivity contribution in [3.63, 3.8) is 0 Å². The van der Waals surface area contributed by atoms with Gasteiger partial charge < -0.3 is 9.84 Å². The summed E-state index contributed by atoms with van der Waals surface area (Å²) in [7, 11) is 1.63. The van der Waals surface area contributed by atoms with Crippen molar-refractivity contribution in [2.45, 2.75) is 6.92 Å². The Hall–Kier alpha value is -2.55. The van der Waals surface area contributed by atoms with Crippen LogP contribution in [0.15, 0.2) is 36.4 Å². The first kappa shape index (κ1) is 13.9. The van der Waals surface area contributed by atoms with Crippen LogP contribution in [0.5, 0.6) is 11.5 Å². The number of carbonyl (C=O) groups is 1. The zero-order valence-electron chi connectivity index (χ0n) is 11.5. The number of ether oxygens (including phenoxy) is 1. The molecule has 0 radical (unpaired) electrons. The predicted octanol–water partition coefficient (Wildman–Crippen LogP) is 3.69. The average molecular weight is 268 g/mol. The number of aryl methyl sites for hydroxylation is 1. The Labute approximate surface area is 118 Å². The highest BCUT2D eigenvalue weighted by Crippen LogP contribution is 2.23. The third kappa shape index (κ3) is 3.06. The molecule has 0 bridgehead atoms. The highest BCUT2D eigenvalue weighted by atomic mass is 16.5. The number of benzene rings is 2. The molecule has 2 aromatic carbocycles. The summed E-state index contributed by atoms with van der Waals surface area (Å²) in [5, 5.41) is 9.70. The van der Waals surface area contributed by atoms with Crippen LogP contribution in [0, 0.1) is 6.92 Å². The van der Waals surface area contributed by atoms with Gasteiger partial charge in [-0.15, -0.1) is 0 Å². The molecule has 0 spiro atoms. The molecule has 0 unspecified atom stereocenters. The first-order valence-electron chi connectivity index (χ1n) is 6.25. The van der Waals surface area contributed by atoms with E-state index >= 15 is 0 Å². The molecule has 0 fully saturated rings. The van der Waals surface area contributed by atoms with Gasteiger partial charge in [0.15, 0.2) is 6.29 Å². The molecule has 0 aliphatic heterocycles. The van der Waals surface area contributed by atoms with Gasteiger partial charge in [0, 0.05) is 0 Å². The number of carbonyl (C=O) groups excluding carboxylic acids is 1. The standard InChI is InChI=1S/C17H16O3/c1-12-9-14(10-15(11-18)17(12)19)4-3-13-5-7-16(20-2)8-6-13/h3-11,19H,1-2H3/b4-3+. The third-order valence-electron chi connectivity index (χ3n) is 3.06. The summed E-state index contributed by atoms with van der Waals surface area (Å²) in [6.45, 7) is 1.77. The second-order valence-electron chi connectivity index (χ2n) is 4.50. The fraction of sp³-hybridized carbons (Fsp3) is 0.118. The molecular weight excluding hydrogens is 252 g/mol. The molecule has 2 aromatic rings. The second-order valence-corrected chi connectivity index (χ2v) is 4.50. The van der Waals surface area contributed by atoms with Crippen molar-refractivity contribution in [2.24, 2.45) is 0 Å². The summed E-state index contributed by atoms with van der Waals surface area (Å²) in [5.74, 6) is 0.854. The number of rotatable bonds is 4. The van der Waals surface area contributed by atoms with Gasteiger partial charge in [0.25, 0.3) is 0 Å². The van der Waals surface area contributed by atoms with E-state index in [0.717, 1.165) is 16.9 Å². The van der Waals surface area contributed by atoms with Gasteiger partial charge in [-0.25, -0.2) is 0 Å². The number of hydrogen-bond donors (Lipinski definition) is 1. The third-order valence-corrected chi connectivity index (χ3v) is 3.06. The molecular formula is C17H16O3. The topological polar surface area (TPSA) is 46.5 Å². The second kappa shape index (κ2) is 6.06. The van der Waals surface area contributed by atoms with E-state index in [-0.39, 0.29) is 5.75 Å². The summed E-state index contributed by atoms with van der Waals surface area (Å²) >= 11 is 0. The molecule has 0 aliphatic rings. The summed E-state index contributed by atoms with van der Waals surface area (Å²) in [5.41, 5.74) is 2.89. The lowest BCUT2D eigenvalue weighted by molar-refractivity contribution is 0.112. The minimum atomic E-state index is 0.0431. The van der Waals surface area contributed by atoms with E-state index in [1.165, 1.54) is 0 Å². The van der Waals surface area contributed by atoms with Crippen LogP contribution < -0.4 is 4.74 Å². The molecule has 20 heavy (non-hydrogen) atoms. The first-order chi connectivity index (χ1) is 9.63. The van der Waals surface area contributed by atoms with Crippen LogP contribution in [0.3, 0.4) is 0 Å². The number of aromatic hydroxyl groups is 1. The van der Waals surface area contributed by atoms with Crippen LogP contribution in [-0.2, 0) is 0 Å². The zero-order valence-corrected chi connectivity index (χ0v) is 11.5. The Morgan fingerprint density at radius 3 is 2.30 bits per heavy atom. The van der Waals surface area contributed by atoms with E-state index in [1.807, 2.05) is 42.5 Å². The Morgan fingerprint density at radius 1 is 1.05 bits per heavy atom. The number of phenols is 1. The van der Waals surface area contributed by atoms with Crippen LogP contribution in [0.2, 0.25) is 0 Å². The van der Waals surface area contributed by atoms with Crippen molar-refractivity contribution >= 4 is 18.4 Å². The highest BCUT2D eigenvalue weighted by molar-refractivity contribution is 5.83. The van der Waals surface area contributed by atoms with Gasteiger partial charge >= 0.3 is 0 Å². The van der Waals surface area contributed by atoms with E-state index in [9.17, 15) is 9.90 Å². The van der Waals surface area contributed by atoms with Gasteiger partial charge in [-0.05, 0) is 47.9 Å². The van der Waals surface area contributed by atoms with Crippen molar-refractivity contribution < 1.29 is 14.6 Å². The molecule has 0 aliphatic carbocycles. The number of aldehydes is 1. The van der Waals surface area contributed by atoms with Crippen LogP contribution in [-0.4, -0.2) is 18.5 Å². The summed E-state index contributed by atoms with van der Waals surface area (Å²) in [6, 6.07) is 11.2. The number of methoxy groups -OCH3 is 1. The van der Waals surface area contributed by atoms with Gasteiger partial charge in [-0.1, -0.05) is 24.3 Å². The Balaban J connectivity index is 2.26. The quantitative estimate of drug-likeness (QED) is 0.679. The maximum Gasteiger partial charge on any atom is 0.153 e. The fourth-order valence-electron chi connectivity index (χ4n) is 1.93. The lowest BCUT2D eigenvalue weighted by Gasteiger charge is -2.04. The van der Waals surface area contributed by atoms with Crippen molar-refractivity contribution in [1.29, 1.82) is 0 Å². The predicted molar refractivity (Wildman–Crippen MR) is 80.2 cm³/mol. The number of phenolic OH excluding ortho intramolecular Hbond substituents is 1. The molecule has 0 amide bonds. The monoisotopic (exact) mass is 268 g/mol. The molecule has 3 nitrogen and oxygen atoms in total. The van der Waals surface area contributed by atoms with E-state index in [0.29, 0.717) is 17.4 Å². The summed E-state index contributed by atoms with van der Waals surface area (Å²) in [6.07, 6.45) is 4.51. The molecule has 0 heterocycles. The molecule has 102 valence electrons. The molecule has 0 saturated heterocycles. The number of hydrogen-bond acceptors (Lipinski definition) is 3. The van der Waals surface area contributed by atoms with Gasteiger partial charge in [0.2, 0.25) is 0 Å². The highest BCUT2D eigenvalue weighted by Gasteiger charge is 2.04. The lowest BCUT2D eigenvalue weighted by atomic mass is 10.0. The van der Waals surface area contributed by atoms with E-state index in [2.05, 4.69) is 0 Å². The molecule has 1 N–H and O–H groups in total. The average Bonchev–Trinajstić information content (AvgIpc) is 2.48. The summed E-state index contributed by atoms with van der Waals surface area (Å²) < 4.78 is 5.10. The largest absolute Gasteiger partial charge is 0.507 e. The van der Waals surface area contributed by atoms with Crippen molar-refractivity contribution in [3.05, 3.63) is 58.7 Å².